The highest BCUT2D eigenvalue weighted by atomic mass is 35.5. The number of hydrogen-bond donors (Lipinski definition) is 1. The van der Waals surface area contributed by atoms with E-state index >= 15 is 0 Å². The Hall–Kier alpha value is -5.09. The first kappa shape index (κ1) is 34.4. The van der Waals surface area contributed by atoms with Gasteiger partial charge in [0.2, 0.25) is 11.8 Å². The third-order valence-corrected chi connectivity index (χ3v) is 11.8. The van der Waals surface area contributed by atoms with Crippen molar-refractivity contribution in [2.75, 3.05) is 31.0 Å². The van der Waals surface area contributed by atoms with Crippen LogP contribution >= 0.6 is 11.6 Å². The number of phenolic OH excluding ortho intramolecular Hbond substituents is 1. The summed E-state index contributed by atoms with van der Waals surface area (Å²) in [6, 6.07) is 17.7. The second-order valence-corrected chi connectivity index (χ2v) is 14.7. The number of allylic oxidation sites excluding steroid dienone is 4. The Kier molecular flexibility index (Phi) is 8.49. The summed E-state index contributed by atoms with van der Waals surface area (Å²) in [7, 11) is 5.34. The Labute approximate surface area is 301 Å². The lowest BCUT2D eigenvalue weighted by Crippen LogP contribution is -2.55. The molecule has 51 heavy (non-hydrogen) atoms. The maximum Gasteiger partial charge on any atom is 0.238 e. The number of benzene rings is 3. The Balaban J connectivity index is 1.23. The van der Waals surface area contributed by atoms with Gasteiger partial charge in [-0.3, -0.25) is 24.1 Å². The van der Waals surface area contributed by atoms with Crippen LogP contribution in [-0.2, 0) is 19.2 Å². The van der Waals surface area contributed by atoms with E-state index in [2.05, 4.69) is 10.2 Å². The molecule has 2 fully saturated rings. The van der Waals surface area contributed by atoms with Gasteiger partial charge in [0.1, 0.15) is 0 Å². The van der Waals surface area contributed by atoms with Crippen LogP contribution in [0.15, 0.2) is 93.7 Å². The van der Waals surface area contributed by atoms with E-state index in [1.807, 2.05) is 56.3 Å². The van der Waals surface area contributed by atoms with E-state index in [0.29, 0.717) is 40.2 Å². The Bertz CT molecular complexity index is 2090. The van der Waals surface area contributed by atoms with Crippen molar-refractivity contribution in [3.05, 3.63) is 94.0 Å². The van der Waals surface area contributed by atoms with Crippen LogP contribution in [0.5, 0.6) is 11.5 Å². The topological polar surface area (TPSA) is 129 Å². The van der Waals surface area contributed by atoms with Crippen LogP contribution in [-0.4, -0.2) is 49.7 Å². The predicted octanol–water partition coefficient (Wildman–Crippen LogP) is 7.89. The summed E-state index contributed by atoms with van der Waals surface area (Å²) in [6.45, 7) is 5.18. The minimum absolute atomic E-state index is 0.0439. The molecule has 262 valence electrons. The quantitative estimate of drug-likeness (QED) is 0.157. The average Bonchev–Trinajstić information content (AvgIpc) is 3.38. The van der Waals surface area contributed by atoms with Gasteiger partial charge in [-0.15, -0.1) is 0 Å². The highest BCUT2D eigenvalue weighted by Gasteiger charge is 2.64. The van der Waals surface area contributed by atoms with Crippen LogP contribution < -0.4 is 14.5 Å². The number of fused-ring (bicyclic) bond motifs is 4. The number of rotatable bonds is 6. The molecule has 4 aliphatic rings. The second-order valence-electron chi connectivity index (χ2n) is 14.3. The molecule has 11 heteroatoms. The first-order valence-corrected chi connectivity index (χ1v) is 17.4. The number of carbonyl (C=O) groups excluding carboxylic acids is 4. The van der Waals surface area contributed by atoms with Crippen molar-refractivity contribution in [1.82, 2.24) is 0 Å². The van der Waals surface area contributed by atoms with Gasteiger partial charge in [-0.25, -0.2) is 0 Å². The molecule has 1 heterocycles. The number of methoxy groups -OCH3 is 1. The van der Waals surface area contributed by atoms with E-state index in [1.54, 1.807) is 50.2 Å². The zero-order valence-electron chi connectivity index (χ0n) is 29.3. The average molecular weight is 707 g/mol. The number of aromatic hydroxyl groups is 1. The lowest BCUT2D eigenvalue weighted by Gasteiger charge is -2.54. The van der Waals surface area contributed by atoms with Crippen molar-refractivity contribution in [1.29, 1.82) is 0 Å². The molecule has 1 N–H and O–H groups in total. The maximum atomic E-state index is 14.4. The molecule has 0 bridgehead atoms. The van der Waals surface area contributed by atoms with Crippen molar-refractivity contribution in [3.8, 4) is 11.5 Å². The van der Waals surface area contributed by atoms with Crippen LogP contribution in [0.2, 0.25) is 5.02 Å². The molecule has 0 unspecified atom stereocenters. The molecular formula is C40H39ClN4O6. The van der Waals surface area contributed by atoms with E-state index in [1.165, 1.54) is 12.0 Å². The molecule has 3 aromatic carbocycles. The van der Waals surface area contributed by atoms with Gasteiger partial charge < -0.3 is 14.7 Å². The van der Waals surface area contributed by atoms with Crippen molar-refractivity contribution in [2.45, 2.75) is 39.5 Å². The number of ketones is 2. The summed E-state index contributed by atoms with van der Waals surface area (Å²) >= 11 is 6.50. The molecule has 3 aromatic rings. The molecule has 3 aliphatic carbocycles. The zero-order chi connectivity index (χ0) is 36.5. The summed E-state index contributed by atoms with van der Waals surface area (Å²) in [5.74, 6) is -4.23. The number of Topliss-reactive ketones (excluding diaryl/α,β-unsaturated/α-hetero) is 2. The maximum absolute atomic E-state index is 14.4. The molecule has 0 spiro atoms. The second kappa shape index (κ2) is 12.6. The number of anilines is 2. The fourth-order valence-electron chi connectivity index (χ4n) is 8.73. The Morgan fingerprint density at radius 2 is 1.53 bits per heavy atom. The summed E-state index contributed by atoms with van der Waals surface area (Å²) in [6.07, 6.45) is 2.53. The number of amides is 2. The van der Waals surface area contributed by atoms with Crippen LogP contribution in [0, 0.1) is 29.1 Å². The van der Waals surface area contributed by atoms with Gasteiger partial charge in [0.15, 0.2) is 23.1 Å². The zero-order valence-corrected chi connectivity index (χ0v) is 30.1. The summed E-state index contributed by atoms with van der Waals surface area (Å²) in [5, 5.41) is 19.3. The number of azo groups is 1. The first-order valence-electron chi connectivity index (χ1n) is 17.0. The number of nitrogens with zero attached hydrogens (tertiary/aromatic N) is 4. The predicted molar refractivity (Wildman–Crippen MR) is 194 cm³/mol. The molecular weight excluding hydrogens is 668 g/mol. The van der Waals surface area contributed by atoms with Crippen molar-refractivity contribution < 1.29 is 29.0 Å². The van der Waals surface area contributed by atoms with E-state index in [0.717, 1.165) is 11.3 Å². The van der Waals surface area contributed by atoms with E-state index in [-0.39, 0.29) is 46.3 Å². The minimum atomic E-state index is -1.19. The largest absolute Gasteiger partial charge is 0.503 e. The third-order valence-electron chi connectivity index (χ3n) is 11.5. The van der Waals surface area contributed by atoms with Gasteiger partial charge in [-0.05, 0) is 110 Å². The minimum Gasteiger partial charge on any atom is -0.503 e. The number of carbonyl (C=O) groups is 4. The summed E-state index contributed by atoms with van der Waals surface area (Å²) in [4.78, 5) is 60.0. The molecule has 6 atom stereocenters. The molecule has 7 rings (SSSR count). The number of halogens is 1. The monoisotopic (exact) mass is 706 g/mol. The Morgan fingerprint density at radius 3 is 2.14 bits per heavy atom. The van der Waals surface area contributed by atoms with Crippen molar-refractivity contribution in [3.63, 3.8) is 0 Å². The third kappa shape index (κ3) is 5.30. The molecule has 10 nitrogen and oxygen atoms in total. The Morgan fingerprint density at radius 1 is 0.902 bits per heavy atom. The number of hydrogen-bond acceptors (Lipinski definition) is 9. The molecule has 1 saturated heterocycles. The van der Waals surface area contributed by atoms with Gasteiger partial charge in [0.25, 0.3) is 0 Å². The standard InChI is InChI=1S/C40H39ClN4O6/c1-20-21(2)37(48)40(3)30(35(20)46)19-29-27(34(40)22-17-31(41)36(47)32(18-22)51-6)15-16-28-33(29)39(50)45(38(28)49)26-13-9-24(10-14-26)43-42-23-7-11-25(12-8-23)44(4)5/h7-15,17-18,28-30,33-34,47H,16,19H2,1-6H3/t28-,29+,30-,33-,34-,40+/m0/s1. The first-order chi connectivity index (χ1) is 24.3. The lowest BCUT2D eigenvalue weighted by atomic mass is 9.46. The number of phenols is 1. The molecule has 1 aliphatic heterocycles. The SMILES string of the molecule is COc1cc([C@H]2C3=CC[C@@H]4C(=O)N(c5ccc(N=Nc6ccc(N(C)C)cc6)cc5)C(=O)[C@@H]4[C@@H]3C[C@H]3C(=O)C(C)=C(C)C(=O)[C@@]23C)cc(Cl)c1O. The van der Waals surface area contributed by atoms with Gasteiger partial charge in [0.05, 0.1) is 46.4 Å². The molecule has 1 saturated carbocycles. The van der Waals surface area contributed by atoms with Gasteiger partial charge in [0, 0.05) is 31.6 Å². The summed E-state index contributed by atoms with van der Waals surface area (Å²) in [5.41, 5.74) is 3.79. The van der Waals surface area contributed by atoms with Crippen LogP contribution in [0.1, 0.15) is 45.1 Å². The van der Waals surface area contributed by atoms with Crippen molar-refractivity contribution >= 4 is 57.7 Å². The van der Waals surface area contributed by atoms with Crippen LogP contribution in [0.4, 0.5) is 22.7 Å². The van der Waals surface area contributed by atoms with Crippen LogP contribution in [0.25, 0.3) is 0 Å². The van der Waals surface area contributed by atoms with E-state index in [4.69, 9.17) is 16.3 Å². The number of ether oxygens (including phenoxy) is 1. The molecule has 0 aromatic heterocycles. The molecule has 0 radical (unpaired) electrons. The number of imide groups is 1. The lowest BCUT2D eigenvalue weighted by molar-refractivity contribution is -0.142. The molecule has 2 amide bonds. The van der Waals surface area contributed by atoms with E-state index < -0.39 is 35.0 Å². The van der Waals surface area contributed by atoms with Gasteiger partial charge in [-0.1, -0.05) is 30.2 Å². The van der Waals surface area contributed by atoms with E-state index in [9.17, 15) is 24.3 Å². The fourth-order valence-corrected chi connectivity index (χ4v) is 8.95. The highest BCUT2D eigenvalue weighted by molar-refractivity contribution is 6.32. The van der Waals surface area contributed by atoms with Crippen LogP contribution in [0.3, 0.4) is 0 Å². The summed E-state index contributed by atoms with van der Waals surface area (Å²) < 4.78 is 5.44. The fraction of sp³-hybridized carbons (Fsp3) is 0.350. The normalized spacial score (nSPS) is 27.4. The smallest absolute Gasteiger partial charge is 0.238 e. The highest BCUT2D eigenvalue weighted by Crippen LogP contribution is 2.63. The van der Waals surface area contributed by atoms with Gasteiger partial charge in [-0.2, -0.15) is 10.2 Å². The van der Waals surface area contributed by atoms with Gasteiger partial charge >= 0.3 is 0 Å². The van der Waals surface area contributed by atoms with Crippen molar-refractivity contribution in [2.24, 2.45) is 39.3 Å².